The lowest BCUT2D eigenvalue weighted by atomic mass is 10.1. The first kappa shape index (κ1) is 11.6. The SMILES string of the molecule is C/C(=C\c1ccc(-n2ccnc2)cc1)C(C)O. The summed E-state index contributed by atoms with van der Waals surface area (Å²) in [6.45, 7) is 3.69. The summed E-state index contributed by atoms with van der Waals surface area (Å²) in [4.78, 5) is 4.01. The van der Waals surface area contributed by atoms with E-state index in [0.717, 1.165) is 16.8 Å². The van der Waals surface area contributed by atoms with Gasteiger partial charge in [-0.05, 0) is 37.1 Å². The van der Waals surface area contributed by atoms with Crippen molar-refractivity contribution in [3.05, 3.63) is 54.1 Å². The van der Waals surface area contributed by atoms with Crippen LogP contribution in [0.25, 0.3) is 11.8 Å². The van der Waals surface area contributed by atoms with Crippen LogP contribution in [0.2, 0.25) is 0 Å². The summed E-state index contributed by atoms with van der Waals surface area (Å²) in [5, 5.41) is 9.41. The van der Waals surface area contributed by atoms with Gasteiger partial charge in [0, 0.05) is 18.1 Å². The van der Waals surface area contributed by atoms with Crippen molar-refractivity contribution in [2.75, 3.05) is 0 Å². The molecule has 0 saturated carbocycles. The van der Waals surface area contributed by atoms with E-state index in [0.29, 0.717) is 0 Å². The van der Waals surface area contributed by atoms with Crippen LogP contribution >= 0.6 is 0 Å². The maximum Gasteiger partial charge on any atom is 0.0991 e. The fourth-order valence-corrected chi connectivity index (χ4v) is 1.54. The minimum atomic E-state index is -0.400. The number of imidazole rings is 1. The minimum Gasteiger partial charge on any atom is -0.389 e. The van der Waals surface area contributed by atoms with Crippen molar-refractivity contribution in [1.82, 2.24) is 9.55 Å². The summed E-state index contributed by atoms with van der Waals surface area (Å²) in [6, 6.07) is 8.12. The van der Waals surface area contributed by atoms with Gasteiger partial charge in [-0.2, -0.15) is 0 Å². The normalized spacial score (nSPS) is 13.7. The highest BCUT2D eigenvalue weighted by Gasteiger charge is 1.99. The highest BCUT2D eigenvalue weighted by atomic mass is 16.3. The van der Waals surface area contributed by atoms with Crippen molar-refractivity contribution in [3.8, 4) is 5.69 Å². The third-order valence-corrected chi connectivity index (χ3v) is 2.75. The summed E-state index contributed by atoms with van der Waals surface area (Å²) >= 11 is 0. The molecule has 1 aromatic heterocycles. The molecule has 0 radical (unpaired) electrons. The van der Waals surface area contributed by atoms with Gasteiger partial charge in [-0.25, -0.2) is 4.98 Å². The lowest BCUT2D eigenvalue weighted by molar-refractivity contribution is 0.232. The Labute approximate surface area is 101 Å². The summed E-state index contributed by atoms with van der Waals surface area (Å²) in [5.74, 6) is 0. The standard InChI is InChI=1S/C14H16N2O/c1-11(12(2)17)9-13-3-5-14(6-4-13)16-8-7-15-10-16/h3-10,12,17H,1-2H3/b11-9+. The molecule has 0 bridgehead atoms. The zero-order valence-corrected chi connectivity index (χ0v) is 10.0. The molecule has 88 valence electrons. The molecule has 0 aliphatic rings. The summed E-state index contributed by atoms with van der Waals surface area (Å²) < 4.78 is 1.95. The van der Waals surface area contributed by atoms with Gasteiger partial charge in [-0.3, -0.25) is 0 Å². The molecule has 2 rings (SSSR count). The predicted octanol–water partition coefficient (Wildman–Crippen LogP) is 2.66. The lowest BCUT2D eigenvalue weighted by Crippen LogP contribution is -2.00. The van der Waals surface area contributed by atoms with Gasteiger partial charge in [-0.1, -0.05) is 18.2 Å². The van der Waals surface area contributed by atoms with Crippen LogP contribution in [0, 0.1) is 0 Å². The molecule has 0 spiro atoms. The number of nitrogens with zero attached hydrogens (tertiary/aromatic N) is 2. The molecule has 0 amide bonds. The highest BCUT2D eigenvalue weighted by molar-refractivity contribution is 5.55. The van der Waals surface area contributed by atoms with Gasteiger partial charge in [0.25, 0.3) is 0 Å². The average Bonchev–Trinajstić information content (AvgIpc) is 2.83. The van der Waals surface area contributed by atoms with Gasteiger partial charge in [0.15, 0.2) is 0 Å². The molecule has 0 aliphatic heterocycles. The topological polar surface area (TPSA) is 38.0 Å². The summed E-state index contributed by atoms with van der Waals surface area (Å²) in [7, 11) is 0. The molecule has 1 unspecified atom stereocenters. The predicted molar refractivity (Wildman–Crippen MR) is 68.9 cm³/mol. The van der Waals surface area contributed by atoms with Crippen LogP contribution in [0.15, 0.2) is 48.6 Å². The van der Waals surface area contributed by atoms with Crippen molar-refractivity contribution in [2.24, 2.45) is 0 Å². The smallest absolute Gasteiger partial charge is 0.0991 e. The molecular formula is C14H16N2O. The Balaban J connectivity index is 2.22. The first-order valence-electron chi connectivity index (χ1n) is 5.61. The van der Waals surface area contributed by atoms with E-state index in [9.17, 15) is 5.11 Å². The van der Waals surface area contributed by atoms with E-state index in [1.54, 1.807) is 19.4 Å². The Bertz CT molecular complexity index is 496. The van der Waals surface area contributed by atoms with Crippen LogP contribution in [0.3, 0.4) is 0 Å². The van der Waals surface area contributed by atoms with Crippen LogP contribution < -0.4 is 0 Å². The Morgan fingerprint density at radius 3 is 2.59 bits per heavy atom. The lowest BCUT2D eigenvalue weighted by Gasteiger charge is -2.05. The maximum atomic E-state index is 9.41. The van der Waals surface area contributed by atoms with E-state index < -0.39 is 6.10 Å². The molecule has 17 heavy (non-hydrogen) atoms. The molecule has 2 aromatic rings. The van der Waals surface area contributed by atoms with Gasteiger partial charge in [0.05, 0.1) is 12.4 Å². The van der Waals surface area contributed by atoms with Gasteiger partial charge >= 0.3 is 0 Å². The molecular weight excluding hydrogens is 212 g/mol. The Hall–Kier alpha value is -1.87. The zero-order chi connectivity index (χ0) is 12.3. The van der Waals surface area contributed by atoms with Crippen LogP contribution in [0.4, 0.5) is 0 Å². The van der Waals surface area contributed by atoms with E-state index in [1.807, 2.05) is 48.0 Å². The second-order valence-electron chi connectivity index (χ2n) is 4.13. The highest BCUT2D eigenvalue weighted by Crippen LogP contribution is 2.13. The van der Waals surface area contributed by atoms with E-state index in [2.05, 4.69) is 4.98 Å². The van der Waals surface area contributed by atoms with Crippen LogP contribution in [-0.4, -0.2) is 20.8 Å². The van der Waals surface area contributed by atoms with Crippen LogP contribution in [0.1, 0.15) is 19.4 Å². The van der Waals surface area contributed by atoms with Crippen molar-refractivity contribution >= 4 is 6.08 Å². The number of hydrogen-bond acceptors (Lipinski definition) is 2. The number of rotatable bonds is 3. The Morgan fingerprint density at radius 2 is 2.06 bits per heavy atom. The molecule has 1 N–H and O–H groups in total. The second kappa shape index (κ2) is 4.97. The molecule has 0 fully saturated rings. The minimum absolute atomic E-state index is 0.400. The molecule has 1 heterocycles. The van der Waals surface area contributed by atoms with Gasteiger partial charge in [0.1, 0.15) is 0 Å². The molecule has 3 heteroatoms. The van der Waals surface area contributed by atoms with E-state index in [1.165, 1.54) is 0 Å². The van der Waals surface area contributed by atoms with Crippen molar-refractivity contribution in [2.45, 2.75) is 20.0 Å². The Morgan fingerprint density at radius 1 is 1.35 bits per heavy atom. The maximum absolute atomic E-state index is 9.41. The van der Waals surface area contributed by atoms with Crippen molar-refractivity contribution in [1.29, 1.82) is 0 Å². The molecule has 1 atom stereocenters. The van der Waals surface area contributed by atoms with E-state index in [-0.39, 0.29) is 0 Å². The number of aromatic nitrogens is 2. The number of aliphatic hydroxyl groups is 1. The van der Waals surface area contributed by atoms with Crippen molar-refractivity contribution in [3.63, 3.8) is 0 Å². The largest absolute Gasteiger partial charge is 0.389 e. The van der Waals surface area contributed by atoms with E-state index >= 15 is 0 Å². The van der Waals surface area contributed by atoms with Gasteiger partial charge < -0.3 is 9.67 Å². The Kier molecular flexibility index (Phi) is 3.40. The molecule has 0 aliphatic carbocycles. The quantitative estimate of drug-likeness (QED) is 0.877. The fraction of sp³-hybridized carbons (Fsp3) is 0.214. The van der Waals surface area contributed by atoms with Crippen LogP contribution in [-0.2, 0) is 0 Å². The second-order valence-corrected chi connectivity index (χ2v) is 4.13. The first-order chi connectivity index (χ1) is 8.16. The third kappa shape index (κ3) is 2.82. The first-order valence-corrected chi connectivity index (χ1v) is 5.61. The fourth-order valence-electron chi connectivity index (χ4n) is 1.54. The summed E-state index contributed by atoms with van der Waals surface area (Å²) in [5.41, 5.74) is 3.13. The van der Waals surface area contributed by atoms with E-state index in [4.69, 9.17) is 0 Å². The molecule has 3 nitrogen and oxygen atoms in total. The third-order valence-electron chi connectivity index (χ3n) is 2.75. The monoisotopic (exact) mass is 228 g/mol. The van der Waals surface area contributed by atoms with Gasteiger partial charge in [0.2, 0.25) is 0 Å². The van der Waals surface area contributed by atoms with Gasteiger partial charge in [-0.15, -0.1) is 0 Å². The summed E-state index contributed by atoms with van der Waals surface area (Å²) in [6.07, 6.45) is 7.02. The molecule has 1 aromatic carbocycles. The number of benzene rings is 1. The zero-order valence-electron chi connectivity index (χ0n) is 10.0. The number of hydrogen-bond donors (Lipinski definition) is 1. The number of aliphatic hydroxyl groups excluding tert-OH is 1. The molecule has 0 saturated heterocycles. The average molecular weight is 228 g/mol. The van der Waals surface area contributed by atoms with Crippen molar-refractivity contribution < 1.29 is 5.11 Å². The van der Waals surface area contributed by atoms with Crippen LogP contribution in [0.5, 0.6) is 0 Å².